The number of ketones is 1. The molecule has 0 bridgehead atoms. The second-order valence-electron chi connectivity index (χ2n) is 4.88. The summed E-state index contributed by atoms with van der Waals surface area (Å²) >= 11 is 6.70. The molecule has 0 atom stereocenters. The van der Waals surface area contributed by atoms with E-state index in [1.807, 2.05) is 12.1 Å². The number of fused-ring (bicyclic) bond motifs is 1. The molecule has 5 heteroatoms. The Balaban J connectivity index is 1.92. The van der Waals surface area contributed by atoms with Gasteiger partial charge in [0.25, 0.3) is 0 Å². The van der Waals surface area contributed by atoms with Crippen molar-refractivity contribution in [1.82, 2.24) is 0 Å². The second kappa shape index (κ2) is 5.89. The monoisotopic (exact) mass is 412 g/mol. The number of Topliss-reactive ketones (excluding diaryl/α,β-unsaturated/α-hetero) is 1. The summed E-state index contributed by atoms with van der Waals surface area (Å²) in [6, 6.07) is 8.01. The third kappa shape index (κ3) is 3.04. The zero-order valence-corrected chi connectivity index (χ0v) is 14.1. The maximum absolute atomic E-state index is 13.1. The topological polar surface area (TPSA) is 26.3 Å². The second-order valence-corrected chi connectivity index (χ2v) is 6.65. The van der Waals surface area contributed by atoms with Crippen molar-refractivity contribution in [3.63, 3.8) is 0 Å². The van der Waals surface area contributed by atoms with Crippen LogP contribution in [-0.2, 0) is 12.8 Å². The van der Waals surface area contributed by atoms with Gasteiger partial charge in [-0.15, -0.1) is 0 Å². The van der Waals surface area contributed by atoms with E-state index >= 15 is 0 Å². The van der Waals surface area contributed by atoms with Crippen LogP contribution in [0.1, 0.15) is 21.5 Å². The Labute approximate surface area is 138 Å². The van der Waals surface area contributed by atoms with E-state index in [9.17, 15) is 9.18 Å². The van der Waals surface area contributed by atoms with Crippen molar-refractivity contribution < 1.29 is 13.9 Å². The average molecular weight is 414 g/mol. The number of carbonyl (C=O) groups excluding carboxylic acids is 1. The molecule has 0 N–H and O–H groups in total. The highest BCUT2D eigenvalue weighted by atomic mass is 79.9. The summed E-state index contributed by atoms with van der Waals surface area (Å²) < 4.78 is 20.1. The molecule has 108 valence electrons. The molecule has 2 nitrogen and oxygen atoms in total. The van der Waals surface area contributed by atoms with E-state index in [0.29, 0.717) is 16.6 Å². The van der Waals surface area contributed by atoms with Gasteiger partial charge in [-0.05, 0) is 51.8 Å². The number of halogens is 3. The summed E-state index contributed by atoms with van der Waals surface area (Å²) in [5, 5.41) is 0. The van der Waals surface area contributed by atoms with E-state index in [4.69, 9.17) is 4.74 Å². The van der Waals surface area contributed by atoms with Gasteiger partial charge in [0.15, 0.2) is 5.78 Å². The van der Waals surface area contributed by atoms with Crippen molar-refractivity contribution in [3.8, 4) is 5.75 Å². The van der Waals surface area contributed by atoms with Gasteiger partial charge in [-0.2, -0.15) is 0 Å². The van der Waals surface area contributed by atoms with E-state index in [-0.39, 0.29) is 18.0 Å². The first-order valence-electron chi connectivity index (χ1n) is 6.47. The SMILES string of the molecule is O=C(Cc1cc(Br)cc2c1OCC2)c1ccc(F)cc1Br. The molecule has 0 aliphatic carbocycles. The van der Waals surface area contributed by atoms with Crippen LogP contribution in [0.5, 0.6) is 5.75 Å². The van der Waals surface area contributed by atoms with Crippen LogP contribution in [0.4, 0.5) is 4.39 Å². The highest BCUT2D eigenvalue weighted by Crippen LogP contribution is 2.34. The Bertz CT molecular complexity index is 728. The average Bonchev–Trinajstić information content (AvgIpc) is 2.86. The first-order valence-corrected chi connectivity index (χ1v) is 8.05. The largest absolute Gasteiger partial charge is 0.493 e. The summed E-state index contributed by atoms with van der Waals surface area (Å²) in [6.45, 7) is 0.646. The normalized spacial score (nSPS) is 12.9. The smallest absolute Gasteiger partial charge is 0.168 e. The van der Waals surface area contributed by atoms with Crippen LogP contribution in [0.15, 0.2) is 39.3 Å². The highest BCUT2D eigenvalue weighted by Gasteiger charge is 2.20. The van der Waals surface area contributed by atoms with Gasteiger partial charge in [-0.1, -0.05) is 15.9 Å². The van der Waals surface area contributed by atoms with Crippen LogP contribution < -0.4 is 4.74 Å². The van der Waals surface area contributed by atoms with Gasteiger partial charge >= 0.3 is 0 Å². The number of carbonyl (C=O) groups is 1. The molecule has 1 aliphatic rings. The molecular formula is C16H11Br2FO2. The van der Waals surface area contributed by atoms with E-state index in [1.165, 1.54) is 18.2 Å². The van der Waals surface area contributed by atoms with E-state index in [1.54, 1.807) is 0 Å². The number of hydrogen-bond acceptors (Lipinski definition) is 2. The minimum absolute atomic E-state index is 0.0716. The predicted octanol–water partition coefficient (Wildman–Crippen LogP) is 4.71. The maximum Gasteiger partial charge on any atom is 0.168 e. The lowest BCUT2D eigenvalue weighted by Crippen LogP contribution is -2.06. The minimum atomic E-state index is -0.370. The van der Waals surface area contributed by atoms with Crippen molar-refractivity contribution in [2.45, 2.75) is 12.8 Å². The zero-order chi connectivity index (χ0) is 15.0. The molecule has 0 aromatic heterocycles. The summed E-state index contributed by atoms with van der Waals surface area (Å²) in [4.78, 5) is 12.4. The standard InChI is InChI=1S/C16H11Br2FO2/c17-11-5-9-3-4-21-16(9)10(6-11)7-15(20)13-2-1-12(19)8-14(13)18/h1-2,5-6,8H,3-4,7H2. The first kappa shape index (κ1) is 14.7. The fourth-order valence-electron chi connectivity index (χ4n) is 2.46. The third-order valence-electron chi connectivity index (χ3n) is 3.41. The van der Waals surface area contributed by atoms with E-state index in [2.05, 4.69) is 31.9 Å². The van der Waals surface area contributed by atoms with Gasteiger partial charge in [0, 0.05) is 32.9 Å². The van der Waals surface area contributed by atoms with Crippen LogP contribution in [0.2, 0.25) is 0 Å². The molecule has 2 aromatic carbocycles. The Morgan fingerprint density at radius 1 is 1.24 bits per heavy atom. The Kier molecular flexibility index (Phi) is 4.13. The van der Waals surface area contributed by atoms with Gasteiger partial charge in [-0.25, -0.2) is 4.39 Å². The van der Waals surface area contributed by atoms with Crippen LogP contribution in [0.3, 0.4) is 0 Å². The van der Waals surface area contributed by atoms with Crippen molar-refractivity contribution in [2.75, 3.05) is 6.61 Å². The lowest BCUT2D eigenvalue weighted by Gasteiger charge is -2.09. The molecular weight excluding hydrogens is 403 g/mol. The molecule has 21 heavy (non-hydrogen) atoms. The lowest BCUT2D eigenvalue weighted by molar-refractivity contribution is 0.0991. The Morgan fingerprint density at radius 3 is 2.81 bits per heavy atom. The Morgan fingerprint density at radius 2 is 2.05 bits per heavy atom. The fourth-order valence-corrected chi connectivity index (χ4v) is 3.59. The molecule has 2 aromatic rings. The summed E-state index contributed by atoms with van der Waals surface area (Å²) in [5.41, 5.74) is 2.45. The molecule has 0 saturated carbocycles. The van der Waals surface area contributed by atoms with Crippen LogP contribution in [-0.4, -0.2) is 12.4 Å². The number of ether oxygens (including phenoxy) is 1. The Hall–Kier alpha value is -1.20. The molecule has 0 amide bonds. The molecule has 0 radical (unpaired) electrons. The van der Waals surface area contributed by atoms with Gasteiger partial charge in [0.2, 0.25) is 0 Å². The van der Waals surface area contributed by atoms with Crippen molar-refractivity contribution in [1.29, 1.82) is 0 Å². The zero-order valence-electron chi connectivity index (χ0n) is 11.0. The molecule has 1 aliphatic heterocycles. The van der Waals surface area contributed by atoms with Crippen molar-refractivity contribution >= 4 is 37.6 Å². The lowest BCUT2D eigenvalue weighted by atomic mass is 10.00. The summed E-state index contributed by atoms with van der Waals surface area (Å²) in [7, 11) is 0. The van der Waals surface area contributed by atoms with E-state index in [0.717, 1.165) is 27.8 Å². The predicted molar refractivity (Wildman–Crippen MR) is 85.5 cm³/mol. The van der Waals surface area contributed by atoms with Gasteiger partial charge in [0.05, 0.1) is 6.61 Å². The van der Waals surface area contributed by atoms with Gasteiger partial charge in [-0.3, -0.25) is 4.79 Å². The summed E-state index contributed by atoms with van der Waals surface area (Å²) in [5.74, 6) is 0.368. The molecule has 1 heterocycles. The molecule has 0 fully saturated rings. The van der Waals surface area contributed by atoms with Gasteiger partial charge < -0.3 is 4.74 Å². The maximum atomic E-state index is 13.1. The quantitative estimate of drug-likeness (QED) is 0.681. The molecule has 0 spiro atoms. The number of rotatable bonds is 3. The van der Waals surface area contributed by atoms with E-state index < -0.39 is 0 Å². The van der Waals surface area contributed by atoms with Crippen LogP contribution in [0, 0.1) is 5.82 Å². The third-order valence-corrected chi connectivity index (χ3v) is 4.52. The number of benzene rings is 2. The van der Waals surface area contributed by atoms with Gasteiger partial charge in [0.1, 0.15) is 11.6 Å². The molecule has 3 rings (SSSR count). The number of hydrogen-bond donors (Lipinski definition) is 0. The summed E-state index contributed by atoms with van der Waals surface area (Å²) in [6.07, 6.45) is 1.09. The highest BCUT2D eigenvalue weighted by molar-refractivity contribution is 9.10. The van der Waals surface area contributed by atoms with Crippen LogP contribution >= 0.6 is 31.9 Å². The molecule has 0 unspecified atom stereocenters. The van der Waals surface area contributed by atoms with Crippen molar-refractivity contribution in [3.05, 3.63) is 61.8 Å². The first-order chi connectivity index (χ1) is 10.0. The fraction of sp³-hybridized carbons (Fsp3) is 0.188. The minimum Gasteiger partial charge on any atom is -0.493 e. The van der Waals surface area contributed by atoms with Crippen LogP contribution in [0.25, 0.3) is 0 Å². The molecule has 0 saturated heterocycles. The van der Waals surface area contributed by atoms with Crippen molar-refractivity contribution in [2.24, 2.45) is 0 Å².